The normalized spacial score (nSPS) is 11.9. The van der Waals surface area contributed by atoms with Gasteiger partial charge in [-0.2, -0.15) is 13.2 Å². The maximum absolute atomic E-state index is 12.7. The molecular formula is C23H33F3O4. The summed E-state index contributed by atoms with van der Waals surface area (Å²) in [5.74, 6) is -1.31. The second-order valence-corrected chi connectivity index (χ2v) is 7.46. The largest absolute Gasteiger partial charge is 0.465 e. The van der Waals surface area contributed by atoms with E-state index in [0.29, 0.717) is 5.56 Å². The number of ether oxygens (including phenoxy) is 2. The van der Waals surface area contributed by atoms with E-state index in [0.717, 1.165) is 37.8 Å². The zero-order chi connectivity index (χ0) is 22.6. The van der Waals surface area contributed by atoms with Crippen molar-refractivity contribution < 1.29 is 32.2 Å². The van der Waals surface area contributed by atoms with Gasteiger partial charge >= 0.3 is 18.1 Å². The average Bonchev–Trinajstić information content (AvgIpc) is 2.72. The lowest BCUT2D eigenvalue weighted by molar-refractivity contribution is -0.174. The first-order valence-electron chi connectivity index (χ1n) is 10.7. The molecule has 0 saturated carbocycles. The van der Waals surface area contributed by atoms with E-state index in [2.05, 4.69) is 6.92 Å². The summed E-state index contributed by atoms with van der Waals surface area (Å²) < 4.78 is 48.5. The fourth-order valence-corrected chi connectivity index (χ4v) is 3.17. The number of unbranched alkanes of at least 4 members (excludes halogenated alkanes) is 5. The lowest BCUT2D eigenvalue weighted by Gasteiger charge is -2.27. The van der Waals surface area contributed by atoms with Crippen molar-refractivity contribution in [3.63, 3.8) is 0 Å². The molecule has 0 aliphatic heterocycles. The molecular weight excluding hydrogens is 397 g/mol. The molecule has 0 heterocycles. The van der Waals surface area contributed by atoms with Crippen LogP contribution in [0.5, 0.6) is 0 Å². The highest BCUT2D eigenvalue weighted by Crippen LogP contribution is 2.32. The summed E-state index contributed by atoms with van der Waals surface area (Å²) in [7, 11) is 0. The maximum Gasteiger partial charge on any atom is 0.416 e. The number of esters is 2. The fraction of sp³-hybridized carbons (Fsp3) is 0.652. The molecule has 0 radical (unpaired) electrons. The Labute approximate surface area is 177 Å². The van der Waals surface area contributed by atoms with Crippen molar-refractivity contribution in [2.24, 2.45) is 5.41 Å². The van der Waals surface area contributed by atoms with Crippen molar-refractivity contribution in [2.75, 3.05) is 6.61 Å². The van der Waals surface area contributed by atoms with Crippen LogP contribution < -0.4 is 0 Å². The Morgan fingerprint density at radius 1 is 0.800 bits per heavy atom. The first-order valence-corrected chi connectivity index (χ1v) is 10.7. The van der Waals surface area contributed by atoms with Gasteiger partial charge in [0, 0.05) is 0 Å². The predicted molar refractivity (Wildman–Crippen MR) is 109 cm³/mol. The second kappa shape index (κ2) is 12.6. The quantitative estimate of drug-likeness (QED) is 0.205. The molecule has 4 nitrogen and oxygen atoms in total. The van der Waals surface area contributed by atoms with E-state index in [4.69, 9.17) is 9.47 Å². The number of halogens is 3. The van der Waals surface area contributed by atoms with E-state index >= 15 is 0 Å². The van der Waals surface area contributed by atoms with Gasteiger partial charge in [0.2, 0.25) is 0 Å². The number of carbonyl (C=O) groups excluding carboxylic acids is 2. The van der Waals surface area contributed by atoms with Gasteiger partial charge < -0.3 is 9.47 Å². The van der Waals surface area contributed by atoms with Crippen LogP contribution in [0.1, 0.15) is 83.3 Å². The molecule has 0 aromatic heterocycles. The molecule has 7 heteroatoms. The standard InChI is InChI=1S/C23H33F3O4/c1-4-7-8-9-10-11-16-29-20(27)22(5-2,6-3)21(28)30-17-18-12-14-19(15-13-18)23(24,25)26/h12-15H,4-11,16-17H2,1-3H3. The summed E-state index contributed by atoms with van der Waals surface area (Å²) in [5.41, 5.74) is -1.75. The number of rotatable bonds is 13. The average molecular weight is 431 g/mol. The molecule has 0 spiro atoms. The van der Waals surface area contributed by atoms with E-state index in [-0.39, 0.29) is 26.1 Å². The highest BCUT2D eigenvalue weighted by atomic mass is 19.4. The van der Waals surface area contributed by atoms with Crippen LogP contribution in [0.25, 0.3) is 0 Å². The van der Waals surface area contributed by atoms with Crippen LogP contribution in [0.3, 0.4) is 0 Å². The number of hydrogen-bond acceptors (Lipinski definition) is 4. The van der Waals surface area contributed by atoms with Gasteiger partial charge in [-0.05, 0) is 37.0 Å². The molecule has 0 saturated heterocycles. The molecule has 0 unspecified atom stereocenters. The second-order valence-electron chi connectivity index (χ2n) is 7.46. The molecule has 0 fully saturated rings. The summed E-state index contributed by atoms with van der Waals surface area (Å²) in [6.45, 7) is 5.64. The Hall–Kier alpha value is -2.05. The predicted octanol–water partition coefficient (Wildman–Crippen LogP) is 6.46. The molecule has 1 rings (SSSR count). The first kappa shape index (κ1) is 26.0. The van der Waals surface area contributed by atoms with Crippen LogP contribution in [0.15, 0.2) is 24.3 Å². The van der Waals surface area contributed by atoms with Crippen molar-refractivity contribution in [3.05, 3.63) is 35.4 Å². The number of hydrogen-bond donors (Lipinski definition) is 0. The van der Waals surface area contributed by atoms with Gasteiger partial charge in [-0.25, -0.2) is 0 Å². The van der Waals surface area contributed by atoms with Gasteiger partial charge in [-0.15, -0.1) is 0 Å². The lowest BCUT2D eigenvalue weighted by Crippen LogP contribution is -2.41. The Kier molecular flexibility index (Phi) is 10.9. The van der Waals surface area contributed by atoms with Crippen LogP contribution in [-0.4, -0.2) is 18.5 Å². The van der Waals surface area contributed by atoms with Gasteiger partial charge in [0.25, 0.3) is 0 Å². The fourth-order valence-electron chi connectivity index (χ4n) is 3.17. The van der Waals surface area contributed by atoms with Crippen LogP contribution in [0.4, 0.5) is 13.2 Å². The van der Waals surface area contributed by atoms with Crippen LogP contribution in [0.2, 0.25) is 0 Å². The topological polar surface area (TPSA) is 52.6 Å². The van der Waals surface area contributed by atoms with E-state index in [1.807, 2.05) is 0 Å². The van der Waals surface area contributed by atoms with Crippen molar-refractivity contribution in [1.29, 1.82) is 0 Å². The third kappa shape index (κ3) is 7.65. The monoisotopic (exact) mass is 430 g/mol. The first-order chi connectivity index (χ1) is 14.2. The minimum absolute atomic E-state index is 0.205. The van der Waals surface area contributed by atoms with Crippen LogP contribution >= 0.6 is 0 Å². The molecule has 170 valence electrons. The SMILES string of the molecule is CCCCCCCCOC(=O)C(CC)(CC)C(=O)OCc1ccc(C(F)(F)F)cc1. The van der Waals surface area contributed by atoms with Crippen molar-refractivity contribution in [3.8, 4) is 0 Å². The van der Waals surface area contributed by atoms with E-state index in [1.54, 1.807) is 13.8 Å². The van der Waals surface area contributed by atoms with E-state index < -0.39 is 29.1 Å². The zero-order valence-electron chi connectivity index (χ0n) is 18.1. The van der Waals surface area contributed by atoms with Crippen molar-refractivity contribution in [2.45, 2.75) is 84.9 Å². The molecule has 30 heavy (non-hydrogen) atoms. The Morgan fingerprint density at radius 3 is 1.87 bits per heavy atom. The summed E-state index contributed by atoms with van der Waals surface area (Å²) in [6.07, 6.45) is 2.36. The summed E-state index contributed by atoms with van der Waals surface area (Å²) in [4.78, 5) is 25.3. The van der Waals surface area contributed by atoms with Gasteiger partial charge in [0.15, 0.2) is 5.41 Å². The van der Waals surface area contributed by atoms with Crippen molar-refractivity contribution >= 4 is 11.9 Å². The number of carbonyl (C=O) groups is 2. The number of alkyl halides is 3. The van der Waals surface area contributed by atoms with Gasteiger partial charge in [-0.3, -0.25) is 9.59 Å². The Bertz CT molecular complexity index is 649. The van der Waals surface area contributed by atoms with E-state index in [1.165, 1.54) is 25.0 Å². The van der Waals surface area contributed by atoms with Crippen LogP contribution in [0, 0.1) is 5.41 Å². The Morgan fingerprint density at radius 2 is 1.33 bits per heavy atom. The molecule has 0 amide bonds. The molecule has 0 bridgehead atoms. The zero-order valence-corrected chi connectivity index (χ0v) is 18.1. The summed E-state index contributed by atoms with van der Waals surface area (Å²) in [5, 5.41) is 0. The van der Waals surface area contributed by atoms with E-state index in [9.17, 15) is 22.8 Å². The molecule has 1 aromatic carbocycles. The van der Waals surface area contributed by atoms with Gasteiger partial charge in [0.1, 0.15) is 6.61 Å². The molecule has 0 N–H and O–H groups in total. The molecule has 0 atom stereocenters. The van der Waals surface area contributed by atoms with Gasteiger partial charge in [-0.1, -0.05) is 65.0 Å². The third-order valence-corrected chi connectivity index (χ3v) is 5.37. The summed E-state index contributed by atoms with van der Waals surface area (Å²) >= 11 is 0. The highest BCUT2D eigenvalue weighted by Gasteiger charge is 2.45. The number of benzene rings is 1. The van der Waals surface area contributed by atoms with Crippen molar-refractivity contribution in [1.82, 2.24) is 0 Å². The third-order valence-electron chi connectivity index (χ3n) is 5.37. The minimum Gasteiger partial charge on any atom is -0.465 e. The minimum atomic E-state index is -4.42. The molecule has 0 aliphatic carbocycles. The smallest absolute Gasteiger partial charge is 0.416 e. The van der Waals surface area contributed by atoms with Crippen LogP contribution in [-0.2, 0) is 31.8 Å². The Balaban J connectivity index is 2.60. The molecule has 0 aliphatic rings. The summed E-state index contributed by atoms with van der Waals surface area (Å²) in [6, 6.07) is 4.38. The molecule has 1 aromatic rings. The highest BCUT2D eigenvalue weighted by molar-refractivity contribution is 5.99. The van der Waals surface area contributed by atoms with Gasteiger partial charge in [0.05, 0.1) is 12.2 Å². The maximum atomic E-state index is 12.7. The lowest BCUT2D eigenvalue weighted by atomic mass is 9.82.